The Hall–Kier alpha value is -0.570. The molecule has 2 atom stereocenters. The Bertz CT molecular complexity index is 336. The first-order chi connectivity index (χ1) is 9.23. The first-order valence-corrected chi connectivity index (χ1v) is 8.16. The Morgan fingerprint density at radius 3 is 2.63 bits per heavy atom. The van der Waals surface area contributed by atoms with E-state index in [1.165, 1.54) is 38.5 Å². The van der Waals surface area contributed by atoms with E-state index in [0.717, 1.165) is 37.1 Å². The van der Waals surface area contributed by atoms with Gasteiger partial charge in [-0.2, -0.15) is 0 Å². The number of esters is 1. The maximum absolute atomic E-state index is 12.5. The highest BCUT2D eigenvalue weighted by atomic mass is 16.5. The standard InChI is InChI=1S/C16H27NO2/c1-2-19-15(18)16(17-11-12-5-6-12)9-3-4-14(10-16)13-7-8-13/h12-14,17H,2-11H2,1H3. The molecule has 0 bridgehead atoms. The number of nitrogens with one attached hydrogen (secondary N) is 1. The van der Waals surface area contributed by atoms with Crippen LogP contribution in [0, 0.1) is 17.8 Å². The first kappa shape index (κ1) is 13.4. The molecule has 3 fully saturated rings. The lowest BCUT2D eigenvalue weighted by Gasteiger charge is -2.40. The normalized spacial score (nSPS) is 35.1. The van der Waals surface area contributed by atoms with Gasteiger partial charge in [0.2, 0.25) is 0 Å². The average molecular weight is 265 g/mol. The Labute approximate surface area is 116 Å². The minimum atomic E-state index is -0.357. The molecule has 3 aliphatic rings. The van der Waals surface area contributed by atoms with Crippen molar-refractivity contribution in [2.24, 2.45) is 17.8 Å². The maximum atomic E-state index is 12.5. The summed E-state index contributed by atoms with van der Waals surface area (Å²) in [7, 11) is 0. The molecule has 1 N–H and O–H groups in total. The van der Waals surface area contributed by atoms with E-state index in [9.17, 15) is 4.79 Å². The van der Waals surface area contributed by atoms with E-state index < -0.39 is 0 Å². The molecule has 3 rings (SSSR count). The molecule has 0 amide bonds. The molecule has 19 heavy (non-hydrogen) atoms. The fraction of sp³-hybridized carbons (Fsp3) is 0.938. The molecule has 0 saturated heterocycles. The topological polar surface area (TPSA) is 38.3 Å². The highest BCUT2D eigenvalue weighted by Crippen LogP contribution is 2.47. The zero-order chi connectivity index (χ0) is 13.3. The van der Waals surface area contributed by atoms with Crippen molar-refractivity contribution in [1.82, 2.24) is 5.32 Å². The van der Waals surface area contributed by atoms with Gasteiger partial charge in [0, 0.05) is 0 Å². The predicted molar refractivity (Wildman–Crippen MR) is 74.8 cm³/mol. The predicted octanol–water partition coefficient (Wildman–Crippen LogP) is 2.89. The second-order valence-corrected chi connectivity index (χ2v) is 6.82. The van der Waals surface area contributed by atoms with Crippen molar-refractivity contribution < 1.29 is 9.53 Å². The van der Waals surface area contributed by atoms with Crippen molar-refractivity contribution in [3.05, 3.63) is 0 Å². The summed E-state index contributed by atoms with van der Waals surface area (Å²) in [5.74, 6) is 2.48. The van der Waals surface area contributed by atoms with Gasteiger partial charge in [-0.1, -0.05) is 12.8 Å². The van der Waals surface area contributed by atoms with Gasteiger partial charge in [0.25, 0.3) is 0 Å². The molecule has 0 heterocycles. The number of carbonyl (C=O) groups excluding carboxylic acids is 1. The molecule has 108 valence electrons. The second kappa shape index (κ2) is 5.43. The van der Waals surface area contributed by atoms with Crippen molar-refractivity contribution in [3.63, 3.8) is 0 Å². The fourth-order valence-electron chi connectivity index (χ4n) is 3.64. The molecule has 0 aromatic carbocycles. The third-order valence-corrected chi connectivity index (χ3v) is 5.17. The van der Waals surface area contributed by atoms with Crippen LogP contribution in [-0.4, -0.2) is 24.7 Å². The number of rotatable bonds is 6. The fourth-order valence-corrected chi connectivity index (χ4v) is 3.64. The molecule has 3 nitrogen and oxygen atoms in total. The van der Waals surface area contributed by atoms with Crippen LogP contribution in [0.25, 0.3) is 0 Å². The summed E-state index contributed by atoms with van der Waals surface area (Å²) < 4.78 is 5.38. The summed E-state index contributed by atoms with van der Waals surface area (Å²) in [6, 6.07) is 0. The SMILES string of the molecule is CCOC(=O)C1(NCC2CC2)CCCC(C2CC2)C1. The molecule has 3 aliphatic carbocycles. The summed E-state index contributed by atoms with van der Waals surface area (Å²) >= 11 is 0. The molecular formula is C16H27NO2. The molecule has 3 heteroatoms. The Morgan fingerprint density at radius 1 is 1.21 bits per heavy atom. The van der Waals surface area contributed by atoms with Gasteiger partial charge >= 0.3 is 5.97 Å². The van der Waals surface area contributed by atoms with Crippen LogP contribution >= 0.6 is 0 Å². The van der Waals surface area contributed by atoms with Crippen LogP contribution in [0.5, 0.6) is 0 Å². The molecule has 0 aromatic heterocycles. The summed E-state index contributed by atoms with van der Waals surface area (Å²) in [6.07, 6.45) is 9.91. The summed E-state index contributed by atoms with van der Waals surface area (Å²) in [4.78, 5) is 12.5. The smallest absolute Gasteiger partial charge is 0.326 e. The highest BCUT2D eigenvalue weighted by molar-refractivity contribution is 5.81. The number of ether oxygens (including phenoxy) is 1. The van der Waals surface area contributed by atoms with Crippen molar-refractivity contribution in [3.8, 4) is 0 Å². The van der Waals surface area contributed by atoms with Gasteiger partial charge in [-0.25, -0.2) is 0 Å². The van der Waals surface area contributed by atoms with Gasteiger partial charge in [0.1, 0.15) is 5.54 Å². The van der Waals surface area contributed by atoms with Crippen LogP contribution in [0.3, 0.4) is 0 Å². The van der Waals surface area contributed by atoms with E-state index >= 15 is 0 Å². The maximum Gasteiger partial charge on any atom is 0.326 e. The Kier molecular flexibility index (Phi) is 3.84. The first-order valence-electron chi connectivity index (χ1n) is 8.16. The van der Waals surface area contributed by atoms with Crippen LogP contribution in [0.15, 0.2) is 0 Å². The molecule has 2 unspecified atom stereocenters. The van der Waals surface area contributed by atoms with Gasteiger partial charge < -0.3 is 10.1 Å². The summed E-state index contributed by atoms with van der Waals surface area (Å²) in [5, 5.41) is 3.62. The summed E-state index contributed by atoms with van der Waals surface area (Å²) in [5.41, 5.74) is -0.357. The lowest BCUT2D eigenvalue weighted by molar-refractivity contribution is -0.153. The molecule has 0 radical (unpaired) electrons. The third kappa shape index (κ3) is 3.13. The molecule has 0 spiro atoms. The van der Waals surface area contributed by atoms with Crippen molar-refractivity contribution in [2.45, 2.75) is 63.8 Å². The minimum absolute atomic E-state index is 0.0148. The second-order valence-electron chi connectivity index (χ2n) is 6.82. The largest absolute Gasteiger partial charge is 0.465 e. The molecule has 0 aromatic rings. The van der Waals surface area contributed by atoms with Gasteiger partial charge in [-0.15, -0.1) is 0 Å². The van der Waals surface area contributed by atoms with Crippen LogP contribution in [-0.2, 0) is 9.53 Å². The van der Waals surface area contributed by atoms with Crippen LogP contribution in [0.4, 0.5) is 0 Å². The van der Waals surface area contributed by atoms with Crippen LogP contribution < -0.4 is 5.32 Å². The van der Waals surface area contributed by atoms with Crippen LogP contribution in [0.2, 0.25) is 0 Å². The molecular weight excluding hydrogens is 238 g/mol. The van der Waals surface area contributed by atoms with E-state index in [1.807, 2.05) is 6.92 Å². The van der Waals surface area contributed by atoms with E-state index in [0.29, 0.717) is 6.61 Å². The number of hydrogen-bond acceptors (Lipinski definition) is 3. The Balaban J connectivity index is 1.67. The van der Waals surface area contributed by atoms with Gasteiger partial charge in [-0.05, 0) is 69.7 Å². The summed E-state index contributed by atoms with van der Waals surface area (Å²) in [6.45, 7) is 3.42. The van der Waals surface area contributed by atoms with Crippen LogP contribution in [0.1, 0.15) is 58.3 Å². The zero-order valence-corrected chi connectivity index (χ0v) is 12.1. The lowest BCUT2D eigenvalue weighted by Crippen LogP contribution is -2.56. The lowest BCUT2D eigenvalue weighted by atomic mass is 9.73. The molecule has 0 aliphatic heterocycles. The number of carbonyl (C=O) groups is 1. The van der Waals surface area contributed by atoms with Crippen molar-refractivity contribution >= 4 is 5.97 Å². The third-order valence-electron chi connectivity index (χ3n) is 5.17. The van der Waals surface area contributed by atoms with Crippen molar-refractivity contribution in [2.75, 3.05) is 13.2 Å². The van der Waals surface area contributed by atoms with E-state index in [-0.39, 0.29) is 11.5 Å². The van der Waals surface area contributed by atoms with Gasteiger partial charge in [-0.3, -0.25) is 4.79 Å². The highest BCUT2D eigenvalue weighted by Gasteiger charge is 2.47. The zero-order valence-electron chi connectivity index (χ0n) is 12.1. The van der Waals surface area contributed by atoms with E-state index in [4.69, 9.17) is 4.74 Å². The van der Waals surface area contributed by atoms with Gasteiger partial charge in [0.05, 0.1) is 6.61 Å². The molecule has 3 saturated carbocycles. The quantitative estimate of drug-likeness (QED) is 0.750. The average Bonchev–Trinajstić information content (AvgIpc) is 3.31. The Morgan fingerprint density at radius 2 is 2.00 bits per heavy atom. The van der Waals surface area contributed by atoms with Gasteiger partial charge in [0.15, 0.2) is 0 Å². The van der Waals surface area contributed by atoms with E-state index in [1.54, 1.807) is 0 Å². The van der Waals surface area contributed by atoms with Crippen molar-refractivity contribution in [1.29, 1.82) is 0 Å². The minimum Gasteiger partial charge on any atom is -0.465 e. The monoisotopic (exact) mass is 265 g/mol. The number of hydrogen-bond donors (Lipinski definition) is 1. The van der Waals surface area contributed by atoms with E-state index in [2.05, 4.69) is 5.32 Å².